The zero-order chi connectivity index (χ0) is 14.5. The molecule has 1 fully saturated rings. The van der Waals surface area contributed by atoms with Crippen LogP contribution in [0.25, 0.3) is 0 Å². The lowest BCUT2D eigenvalue weighted by Gasteiger charge is -2.27. The predicted octanol–water partition coefficient (Wildman–Crippen LogP) is 2.56. The van der Waals surface area contributed by atoms with Gasteiger partial charge >= 0.3 is 0 Å². The van der Waals surface area contributed by atoms with E-state index in [1.54, 1.807) is 13.2 Å². The Bertz CT molecular complexity index is 434. The van der Waals surface area contributed by atoms with Crippen molar-refractivity contribution in [2.75, 3.05) is 7.11 Å². The minimum Gasteiger partial charge on any atom is -0.381 e. The first-order chi connectivity index (χ1) is 9.58. The van der Waals surface area contributed by atoms with Gasteiger partial charge in [-0.15, -0.1) is 0 Å². The Hall–Kier alpha value is -1.36. The largest absolute Gasteiger partial charge is 0.381 e. The second-order valence-electron chi connectivity index (χ2n) is 5.96. The van der Waals surface area contributed by atoms with Crippen molar-refractivity contribution in [1.29, 1.82) is 0 Å². The number of rotatable bonds is 5. The van der Waals surface area contributed by atoms with E-state index in [4.69, 9.17) is 9.26 Å². The predicted molar refractivity (Wildman–Crippen MR) is 75.6 cm³/mol. The third kappa shape index (κ3) is 4.07. The molecule has 0 radical (unpaired) electrons. The molecular formula is C15H24N2O3. The second-order valence-corrected chi connectivity index (χ2v) is 5.96. The van der Waals surface area contributed by atoms with Crippen molar-refractivity contribution in [3.05, 3.63) is 17.5 Å². The van der Waals surface area contributed by atoms with Crippen molar-refractivity contribution >= 4 is 5.91 Å². The minimum absolute atomic E-state index is 0.135. The molecule has 0 atom stereocenters. The Balaban J connectivity index is 1.84. The van der Waals surface area contributed by atoms with Gasteiger partial charge in [0.15, 0.2) is 5.69 Å². The van der Waals surface area contributed by atoms with Gasteiger partial charge in [0, 0.05) is 25.6 Å². The van der Waals surface area contributed by atoms with E-state index in [0.29, 0.717) is 17.7 Å². The van der Waals surface area contributed by atoms with Gasteiger partial charge in [0.25, 0.3) is 5.91 Å². The first-order valence-electron chi connectivity index (χ1n) is 7.37. The molecule has 1 aromatic heterocycles. The van der Waals surface area contributed by atoms with E-state index in [-0.39, 0.29) is 11.9 Å². The molecule has 1 amide bonds. The van der Waals surface area contributed by atoms with Crippen molar-refractivity contribution in [2.24, 2.45) is 5.92 Å². The number of hydrogen-bond acceptors (Lipinski definition) is 4. The number of nitrogens with zero attached hydrogens (tertiary/aromatic N) is 1. The standard InChI is InChI=1S/C15H24N2O3/c1-10(2)8-13-9-14(17-20-13)15(18)16-11-4-6-12(19-3)7-5-11/h9-12H,4-8H2,1-3H3,(H,16,18). The highest BCUT2D eigenvalue weighted by Crippen LogP contribution is 2.21. The number of carbonyl (C=O) groups is 1. The lowest BCUT2D eigenvalue weighted by Crippen LogP contribution is -2.39. The molecule has 1 aromatic rings. The molecule has 0 saturated heterocycles. The first kappa shape index (κ1) is 15.0. The summed E-state index contributed by atoms with van der Waals surface area (Å²) in [6.45, 7) is 4.22. The van der Waals surface area contributed by atoms with E-state index in [1.165, 1.54) is 0 Å². The summed E-state index contributed by atoms with van der Waals surface area (Å²) in [6.07, 6.45) is 5.06. The molecule has 0 spiro atoms. The van der Waals surface area contributed by atoms with E-state index >= 15 is 0 Å². The second kappa shape index (κ2) is 6.88. The number of hydrogen-bond donors (Lipinski definition) is 1. The molecule has 1 saturated carbocycles. The topological polar surface area (TPSA) is 64.4 Å². The van der Waals surface area contributed by atoms with Crippen LogP contribution in [0.4, 0.5) is 0 Å². The van der Waals surface area contributed by atoms with Crippen molar-refractivity contribution < 1.29 is 14.1 Å². The summed E-state index contributed by atoms with van der Waals surface area (Å²) in [5.74, 6) is 1.13. The number of amides is 1. The number of aromatic nitrogens is 1. The van der Waals surface area contributed by atoms with Crippen molar-refractivity contribution in [1.82, 2.24) is 10.5 Å². The molecular weight excluding hydrogens is 256 g/mol. The highest BCUT2D eigenvalue weighted by Gasteiger charge is 2.23. The maximum atomic E-state index is 12.1. The number of methoxy groups -OCH3 is 1. The fourth-order valence-electron chi connectivity index (χ4n) is 2.62. The van der Waals surface area contributed by atoms with Crippen LogP contribution >= 0.6 is 0 Å². The Morgan fingerprint density at radius 1 is 1.45 bits per heavy atom. The summed E-state index contributed by atoms with van der Waals surface area (Å²) >= 11 is 0. The van der Waals surface area contributed by atoms with Gasteiger partial charge in [0.2, 0.25) is 0 Å². The summed E-state index contributed by atoms with van der Waals surface area (Å²) in [4.78, 5) is 12.1. The summed E-state index contributed by atoms with van der Waals surface area (Å²) in [7, 11) is 1.75. The molecule has 5 nitrogen and oxygen atoms in total. The molecule has 20 heavy (non-hydrogen) atoms. The van der Waals surface area contributed by atoms with Crippen LogP contribution in [0.3, 0.4) is 0 Å². The normalized spacial score (nSPS) is 23.0. The summed E-state index contributed by atoms with van der Waals surface area (Å²) < 4.78 is 10.5. The lowest BCUT2D eigenvalue weighted by molar-refractivity contribution is 0.0597. The molecule has 2 rings (SSSR count). The third-order valence-electron chi connectivity index (χ3n) is 3.74. The van der Waals surface area contributed by atoms with Crippen molar-refractivity contribution in [3.63, 3.8) is 0 Å². The van der Waals surface area contributed by atoms with Crippen LogP contribution in [0.1, 0.15) is 55.8 Å². The van der Waals surface area contributed by atoms with E-state index < -0.39 is 0 Å². The third-order valence-corrected chi connectivity index (χ3v) is 3.74. The quantitative estimate of drug-likeness (QED) is 0.900. The van der Waals surface area contributed by atoms with Gasteiger partial charge in [0.05, 0.1) is 6.10 Å². The lowest BCUT2D eigenvalue weighted by atomic mass is 9.93. The molecule has 0 aromatic carbocycles. The fraction of sp³-hybridized carbons (Fsp3) is 0.733. The Labute approximate surface area is 120 Å². The van der Waals surface area contributed by atoms with Gasteiger partial charge < -0.3 is 14.6 Å². The van der Waals surface area contributed by atoms with Crippen LogP contribution in [-0.4, -0.2) is 30.3 Å². The van der Waals surface area contributed by atoms with Crippen molar-refractivity contribution in [3.8, 4) is 0 Å². The zero-order valence-electron chi connectivity index (χ0n) is 12.5. The molecule has 1 aliphatic rings. The van der Waals surface area contributed by atoms with Gasteiger partial charge in [-0.25, -0.2) is 0 Å². The highest BCUT2D eigenvalue weighted by atomic mass is 16.5. The van der Waals surface area contributed by atoms with Crippen LogP contribution in [-0.2, 0) is 11.2 Å². The van der Waals surface area contributed by atoms with Crippen LogP contribution in [0.2, 0.25) is 0 Å². The Kier molecular flexibility index (Phi) is 5.17. The molecule has 5 heteroatoms. The highest BCUT2D eigenvalue weighted by molar-refractivity contribution is 5.92. The minimum atomic E-state index is -0.135. The van der Waals surface area contributed by atoms with E-state index in [9.17, 15) is 4.79 Å². The first-order valence-corrected chi connectivity index (χ1v) is 7.37. The van der Waals surface area contributed by atoms with Crippen LogP contribution in [0.5, 0.6) is 0 Å². The zero-order valence-corrected chi connectivity index (χ0v) is 12.5. The molecule has 0 aliphatic heterocycles. The van der Waals surface area contributed by atoms with Gasteiger partial charge in [-0.3, -0.25) is 4.79 Å². The van der Waals surface area contributed by atoms with Crippen molar-refractivity contribution in [2.45, 2.75) is 58.1 Å². The van der Waals surface area contributed by atoms with Gasteiger partial charge in [-0.2, -0.15) is 0 Å². The Morgan fingerprint density at radius 3 is 2.75 bits per heavy atom. The number of ether oxygens (including phenoxy) is 1. The smallest absolute Gasteiger partial charge is 0.273 e. The molecule has 112 valence electrons. The summed E-state index contributed by atoms with van der Waals surface area (Å²) in [6, 6.07) is 1.97. The maximum Gasteiger partial charge on any atom is 0.273 e. The average molecular weight is 280 g/mol. The van der Waals surface area contributed by atoms with Gasteiger partial charge in [0.1, 0.15) is 5.76 Å². The van der Waals surface area contributed by atoms with Gasteiger partial charge in [-0.05, 0) is 31.6 Å². The molecule has 0 unspecified atom stereocenters. The van der Waals surface area contributed by atoms with E-state index in [2.05, 4.69) is 24.3 Å². The maximum absolute atomic E-state index is 12.1. The molecule has 0 bridgehead atoms. The van der Waals surface area contributed by atoms with Crippen LogP contribution in [0.15, 0.2) is 10.6 Å². The SMILES string of the molecule is COC1CCC(NC(=O)c2cc(CC(C)C)on2)CC1. The summed E-state index contributed by atoms with van der Waals surface area (Å²) in [5, 5.41) is 6.88. The molecule has 1 heterocycles. The van der Waals surface area contributed by atoms with Crippen LogP contribution in [0, 0.1) is 5.92 Å². The molecule has 1 N–H and O–H groups in total. The summed E-state index contributed by atoms with van der Waals surface area (Å²) in [5.41, 5.74) is 0.384. The molecule has 1 aliphatic carbocycles. The van der Waals surface area contributed by atoms with Gasteiger partial charge in [-0.1, -0.05) is 19.0 Å². The van der Waals surface area contributed by atoms with Crippen LogP contribution < -0.4 is 5.32 Å². The fourth-order valence-corrected chi connectivity index (χ4v) is 2.62. The monoisotopic (exact) mass is 280 g/mol. The average Bonchev–Trinajstić information content (AvgIpc) is 2.87. The van der Waals surface area contributed by atoms with E-state index in [0.717, 1.165) is 37.9 Å². The van der Waals surface area contributed by atoms with E-state index in [1.807, 2.05) is 0 Å². The Morgan fingerprint density at radius 2 is 2.15 bits per heavy atom. The number of nitrogens with one attached hydrogen (secondary N) is 1. The number of carbonyl (C=O) groups excluding carboxylic acids is 1.